The molecule has 2 heterocycles. The Morgan fingerprint density at radius 1 is 1.23 bits per heavy atom. The van der Waals surface area contributed by atoms with Crippen LogP contribution >= 0.6 is 0 Å². The van der Waals surface area contributed by atoms with Gasteiger partial charge in [0.1, 0.15) is 0 Å². The van der Waals surface area contributed by atoms with E-state index in [0.717, 1.165) is 11.6 Å². The third-order valence-corrected chi connectivity index (χ3v) is 4.45. The predicted molar refractivity (Wildman–Crippen MR) is 91.3 cm³/mol. The van der Waals surface area contributed by atoms with Gasteiger partial charge in [-0.3, -0.25) is 9.88 Å². The van der Waals surface area contributed by atoms with E-state index >= 15 is 0 Å². The number of pyridine rings is 1. The van der Waals surface area contributed by atoms with E-state index < -0.39 is 18.2 Å². The second-order valence-corrected chi connectivity index (χ2v) is 6.66. The Bertz CT molecular complexity index is 755. The van der Waals surface area contributed by atoms with Crippen molar-refractivity contribution in [1.29, 1.82) is 0 Å². The standard InChI is InChI=1S/C19H21F3N2O2/c1-12(2)17-10-25-11-24(17)9-13-5-15(8-23-7-13)14-3-4-16(20)18(6-14)26-19(21)22/h3-8,12,17,19H,9-11H2,1-2H3/t17-/m0/s1. The van der Waals surface area contributed by atoms with E-state index in [1.165, 1.54) is 12.1 Å². The third kappa shape index (κ3) is 4.34. The van der Waals surface area contributed by atoms with Crippen LogP contribution < -0.4 is 4.74 Å². The van der Waals surface area contributed by atoms with Gasteiger partial charge in [-0.25, -0.2) is 4.39 Å². The number of hydrogen-bond donors (Lipinski definition) is 0. The first-order chi connectivity index (χ1) is 12.4. The van der Waals surface area contributed by atoms with Gasteiger partial charge in [-0.15, -0.1) is 0 Å². The van der Waals surface area contributed by atoms with Gasteiger partial charge in [-0.2, -0.15) is 8.78 Å². The zero-order chi connectivity index (χ0) is 18.7. The molecule has 0 unspecified atom stereocenters. The van der Waals surface area contributed by atoms with Crippen molar-refractivity contribution in [3.63, 3.8) is 0 Å². The number of nitrogens with zero attached hydrogens (tertiary/aromatic N) is 2. The van der Waals surface area contributed by atoms with E-state index in [9.17, 15) is 13.2 Å². The number of rotatable bonds is 6. The molecule has 1 aromatic carbocycles. The normalized spacial score (nSPS) is 18.0. The highest BCUT2D eigenvalue weighted by Crippen LogP contribution is 2.28. The minimum absolute atomic E-state index is 0.343. The molecule has 26 heavy (non-hydrogen) atoms. The van der Waals surface area contributed by atoms with Crippen molar-refractivity contribution < 1.29 is 22.6 Å². The van der Waals surface area contributed by atoms with Crippen LogP contribution in [0.25, 0.3) is 11.1 Å². The summed E-state index contributed by atoms with van der Waals surface area (Å²) >= 11 is 0. The zero-order valence-electron chi connectivity index (χ0n) is 14.7. The van der Waals surface area contributed by atoms with Crippen LogP contribution in [0.5, 0.6) is 5.75 Å². The average Bonchev–Trinajstić information content (AvgIpc) is 3.05. The Balaban J connectivity index is 1.81. The number of halogens is 3. The summed E-state index contributed by atoms with van der Waals surface area (Å²) in [5, 5.41) is 0. The van der Waals surface area contributed by atoms with E-state index in [0.29, 0.717) is 43.0 Å². The molecule has 2 aromatic rings. The molecule has 140 valence electrons. The van der Waals surface area contributed by atoms with Crippen LogP contribution in [0.4, 0.5) is 13.2 Å². The fraction of sp³-hybridized carbons (Fsp3) is 0.421. The van der Waals surface area contributed by atoms with Crippen LogP contribution in [0.15, 0.2) is 36.7 Å². The third-order valence-electron chi connectivity index (χ3n) is 4.45. The molecule has 0 bridgehead atoms. The molecule has 0 aliphatic carbocycles. The van der Waals surface area contributed by atoms with Gasteiger partial charge in [0.2, 0.25) is 0 Å². The van der Waals surface area contributed by atoms with Gasteiger partial charge < -0.3 is 9.47 Å². The molecule has 0 spiro atoms. The number of ether oxygens (including phenoxy) is 2. The molecule has 0 N–H and O–H groups in total. The average molecular weight is 366 g/mol. The Hall–Kier alpha value is -2.12. The molecule has 1 aliphatic heterocycles. The van der Waals surface area contributed by atoms with Crippen molar-refractivity contribution >= 4 is 0 Å². The molecule has 3 rings (SSSR count). The molecule has 1 aromatic heterocycles. The van der Waals surface area contributed by atoms with Crippen LogP contribution in [-0.4, -0.2) is 35.9 Å². The predicted octanol–water partition coefficient (Wildman–Crippen LogP) is 4.30. The van der Waals surface area contributed by atoms with Crippen molar-refractivity contribution in [3.8, 4) is 16.9 Å². The lowest BCUT2D eigenvalue weighted by Gasteiger charge is -2.25. The minimum Gasteiger partial charge on any atom is -0.432 e. The van der Waals surface area contributed by atoms with Crippen molar-refractivity contribution in [3.05, 3.63) is 48.0 Å². The van der Waals surface area contributed by atoms with Gasteiger partial charge in [-0.05, 0) is 35.2 Å². The molecule has 1 saturated heterocycles. The number of hydrogen-bond acceptors (Lipinski definition) is 4. The maximum atomic E-state index is 13.6. The summed E-state index contributed by atoms with van der Waals surface area (Å²) in [5.41, 5.74) is 2.25. The summed E-state index contributed by atoms with van der Waals surface area (Å²) < 4.78 is 48.2. The van der Waals surface area contributed by atoms with Crippen LogP contribution in [0.3, 0.4) is 0 Å². The maximum absolute atomic E-state index is 13.6. The van der Waals surface area contributed by atoms with Gasteiger partial charge in [0, 0.05) is 30.5 Å². The van der Waals surface area contributed by atoms with Crippen molar-refractivity contribution in [2.24, 2.45) is 5.92 Å². The number of aromatic nitrogens is 1. The summed E-state index contributed by atoms with van der Waals surface area (Å²) in [6.45, 7) is 3.18. The first-order valence-corrected chi connectivity index (χ1v) is 8.44. The summed E-state index contributed by atoms with van der Waals surface area (Å²) in [7, 11) is 0. The lowest BCUT2D eigenvalue weighted by Crippen LogP contribution is -2.34. The smallest absolute Gasteiger partial charge is 0.387 e. The van der Waals surface area contributed by atoms with E-state index in [4.69, 9.17) is 4.74 Å². The van der Waals surface area contributed by atoms with Crippen LogP contribution in [0, 0.1) is 11.7 Å². The van der Waals surface area contributed by atoms with Crippen molar-refractivity contribution in [2.75, 3.05) is 13.3 Å². The van der Waals surface area contributed by atoms with Gasteiger partial charge in [0.15, 0.2) is 11.6 Å². The second-order valence-electron chi connectivity index (χ2n) is 6.66. The summed E-state index contributed by atoms with van der Waals surface area (Å²) in [5.74, 6) is -0.831. The summed E-state index contributed by atoms with van der Waals surface area (Å²) in [6, 6.07) is 6.16. The fourth-order valence-corrected chi connectivity index (χ4v) is 3.10. The zero-order valence-corrected chi connectivity index (χ0v) is 14.7. The minimum atomic E-state index is -3.08. The number of benzene rings is 1. The molecule has 4 nitrogen and oxygen atoms in total. The quantitative estimate of drug-likeness (QED) is 0.763. The largest absolute Gasteiger partial charge is 0.432 e. The highest BCUT2D eigenvalue weighted by Gasteiger charge is 2.27. The number of alkyl halides is 2. The highest BCUT2D eigenvalue weighted by atomic mass is 19.3. The van der Waals surface area contributed by atoms with E-state index in [1.807, 2.05) is 6.07 Å². The van der Waals surface area contributed by atoms with Crippen LogP contribution in [0.1, 0.15) is 19.4 Å². The van der Waals surface area contributed by atoms with Crippen molar-refractivity contribution in [1.82, 2.24) is 9.88 Å². The lowest BCUT2D eigenvalue weighted by molar-refractivity contribution is -0.0521. The van der Waals surface area contributed by atoms with E-state index in [2.05, 4.69) is 28.5 Å². The van der Waals surface area contributed by atoms with Gasteiger partial charge in [-0.1, -0.05) is 19.9 Å². The highest BCUT2D eigenvalue weighted by molar-refractivity contribution is 5.65. The molecule has 1 fully saturated rings. The Labute approximate surface area is 150 Å². The van der Waals surface area contributed by atoms with E-state index in [-0.39, 0.29) is 0 Å². The molecule has 1 aliphatic rings. The van der Waals surface area contributed by atoms with Crippen LogP contribution in [-0.2, 0) is 11.3 Å². The SMILES string of the molecule is CC(C)[C@@H]1COCN1Cc1cncc(-c2ccc(F)c(OC(F)F)c2)c1. The monoisotopic (exact) mass is 366 g/mol. The summed E-state index contributed by atoms with van der Waals surface area (Å²) in [4.78, 5) is 6.47. The van der Waals surface area contributed by atoms with Gasteiger partial charge in [0.05, 0.1) is 13.3 Å². The fourth-order valence-electron chi connectivity index (χ4n) is 3.10. The van der Waals surface area contributed by atoms with Crippen LogP contribution in [0.2, 0.25) is 0 Å². The topological polar surface area (TPSA) is 34.6 Å². The maximum Gasteiger partial charge on any atom is 0.387 e. The molecular weight excluding hydrogens is 345 g/mol. The second kappa shape index (κ2) is 8.05. The van der Waals surface area contributed by atoms with Gasteiger partial charge >= 0.3 is 6.61 Å². The van der Waals surface area contributed by atoms with Gasteiger partial charge in [0.25, 0.3) is 0 Å². The van der Waals surface area contributed by atoms with Crippen molar-refractivity contribution in [2.45, 2.75) is 33.0 Å². The van der Waals surface area contributed by atoms with E-state index in [1.54, 1.807) is 12.4 Å². The molecular formula is C19H21F3N2O2. The Kier molecular flexibility index (Phi) is 5.78. The first kappa shape index (κ1) is 18.7. The molecule has 0 amide bonds. The molecule has 7 heteroatoms. The Morgan fingerprint density at radius 3 is 2.77 bits per heavy atom. The first-order valence-electron chi connectivity index (χ1n) is 8.44. The summed E-state index contributed by atoms with van der Waals surface area (Å²) in [6.07, 6.45) is 3.38. The molecule has 1 atom stereocenters. The molecule has 0 radical (unpaired) electrons. The Morgan fingerprint density at radius 2 is 2.04 bits per heavy atom. The lowest BCUT2D eigenvalue weighted by atomic mass is 10.0. The molecule has 0 saturated carbocycles.